The number of rotatable bonds is 2. The predicted octanol–water partition coefficient (Wildman–Crippen LogP) is 3.04. The number of benzene rings is 1. The molecule has 1 aromatic carbocycles. The van der Waals surface area contributed by atoms with Crippen LogP contribution in [0.15, 0.2) is 12.1 Å². The van der Waals surface area contributed by atoms with Crippen molar-refractivity contribution in [2.24, 2.45) is 0 Å². The number of halogens is 2. The summed E-state index contributed by atoms with van der Waals surface area (Å²) in [6, 6.07) is 4.95. The molecule has 0 bridgehead atoms. The largest absolute Gasteiger partial charge is 0.496 e. The highest BCUT2D eigenvalue weighted by molar-refractivity contribution is 6.30. The molecule has 1 fully saturated rings. The van der Waals surface area contributed by atoms with Crippen LogP contribution in [-0.4, -0.2) is 7.11 Å². The van der Waals surface area contributed by atoms with Crippen molar-refractivity contribution in [1.29, 1.82) is 5.26 Å². The fourth-order valence-corrected chi connectivity index (χ4v) is 1.80. The summed E-state index contributed by atoms with van der Waals surface area (Å²) in [5.41, 5.74) is 0.182. The van der Waals surface area contributed by atoms with Crippen molar-refractivity contribution in [3.8, 4) is 11.8 Å². The summed E-state index contributed by atoms with van der Waals surface area (Å²) in [6.45, 7) is 0. The highest BCUT2D eigenvalue weighted by Crippen LogP contribution is 2.51. The minimum atomic E-state index is -0.522. The molecule has 78 valence electrons. The van der Waals surface area contributed by atoms with Gasteiger partial charge in [0.05, 0.1) is 23.6 Å². The zero-order valence-corrected chi connectivity index (χ0v) is 8.94. The maximum Gasteiger partial charge on any atom is 0.145 e. The van der Waals surface area contributed by atoms with Crippen molar-refractivity contribution in [2.75, 3.05) is 7.11 Å². The second-order valence-corrected chi connectivity index (χ2v) is 4.07. The molecule has 0 radical (unpaired) electrons. The van der Waals surface area contributed by atoms with Crippen LogP contribution in [0.3, 0.4) is 0 Å². The topological polar surface area (TPSA) is 33.0 Å². The molecule has 1 aliphatic rings. The van der Waals surface area contributed by atoms with Gasteiger partial charge in [0.1, 0.15) is 11.6 Å². The molecule has 15 heavy (non-hydrogen) atoms. The summed E-state index contributed by atoms with van der Waals surface area (Å²) in [4.78, 5) is 0. The van der Waals surface area contributed by atoms with Crippen molar-refractivity contribution in [3.05, 3.63) is 28.5 Å². The Bertz CT molecular complexity index is 449. The van der Waals surface area contributed by atoms with Crippen LogP contribution >= 0.6 is 11.6 Å². The molecule has 0 amide bonds. The summed E-state index contributed by atoms with van der Waals surface area (Å²) in [6.07, 6.45) is 1.56. The Morgan fingerprint density at radius 2 is 2.20 bits per heavy atom. The van der Waals surface area contributed by atoms with Crippen LogP contribution in [-0.2, 0) is 5.41 Å². The van der Waals surface area contributed by atoms with Gasteiger partial charge >= 0.3 is 0 Å². The summed E-state index contributed by atoms with van der Waals surface area (Å²) in [5.74, 6) is -0.123. The van der Waals surface area contributed by atoms with Gasteiger partial charge in [-0.15, -0.1) is 0 Å². The maximum absolute atomic E-state index is 13.2. The molecule has 1 aliphatic carbocycles. The van der Waals surface area contributed by atoms with E-state index in [0.717, 1.165) is 12.8 Å². The molecule has 1 saturated carbocycles. The molecule has 2 rings (SSSR count). The van der Waals surface area contributed by atoms with Gasteiger partial charge in [0.2, 0.25) is 0 Å². The quantitative estimate of drug-likeness (QED) is 0.775. The predicted molar refractivity (Wildman–Crippen MR) is 54.5 cm³/mol. The third-order valence-corrected chi connectivity index (χ3v) is 3.01. The number of hydrogen-bond donors (Lipinski definition) is 0. The number of ether oxygens (including phenoxy) is 1. The first-order chi connectivity index (χ1) is 7.13. The Balaban J connectivity index is 2.56. The third-order valence-electron chi connectivity index (χ3n) is 2.72. The van der Waals surface area contributed by atoms with Gasteiger partial charge in [-0.3, -0.25) is 0 Å². The van der Waals surface area contributed by atoms with Gasteiger partial charge in [0, 0.05) is 11.6 Å². The Morgan fingerprint density at radius 3 is 2.67 bits per heavy atom. The van der Waals surface area contributed by atoms with Gasteiger partial charge in [0.25, 0.3) is 0 Å². The van der Waals surface area contributed by atoms with Gasteiger partial charge in [0.15, 0.2) is 0 Å². The minimum Gasteiger partial charge on any atom is -0.496 e. The molecule has 0 atom stereocenters. The SMILES string of the molecule is COc1cc(F)c(Cl)cc1C1(C#N)CC1. The summed E-state index contributed by atoms with van der Waals surface area (Å²) in [5, 5.41) is 9.08. The summed E-state index contributed by atoms with van der Waals surface area (Å²) < 4.78 is 18.2. The Hall–Kier alpha value is -1.27. The second kappa shape index (κ2) is 3.39. The Labute approximate surface area is 92.2 Å². The molecule has 0 unspecified atom stereocenters. The van der Waals surface area contributed by atoms with Crippen molar-refractivity contribution in [1.82, 2.24) is 0 Å². The lowest BCUT2D eigenvalue weighted by molar-refractivity contribution is 0.404. The van der Waals surface area contributed by atoms with Gasteiger partial charge in [-0.2, -0.15) is 5.26 Å². The van der Waals surface area contributed by atoms with Crippen LogP contribution < -0.4 is 4.74 Å². The van der Waals surface area contributed by atoms with Crippen LogP contribution in [0.5, 0.6) is 5.75 Å². The van der Waals surface area contributed by atoms with E-state index in [1.807, 2.05) is 0 Å². The fraction of sp³-hybridized carbons (Fsp3) is 0.364. The van der Waals surface area contributed by atoms with E-state index in [-0.39, 0.29) is 5.02 Å². The number of nitrogens with zero attached hydrogens (tertiary/aromatic N) is 1. The molecule has 0 N–H and O–H groups in total. The lowest BCUT2D eigenvalue weighted by Gasteiger charge is -2.12. The number of hydrogen-bond acceptors (Lipinski definition) is 2. The molecule has 1 aromatic rings. The minimum absolute atomic E-state index is 0.0346. The lowest BCUT2D eigenvalue weighted by Crippen LogP contribution is -2.06. The number of methoxy groups -OCH3 is 1. The van der Waals surface area contributed by atoms with Gasteiger partial charge in [-0.25, -0.2) is 4.39 Å². The van der Waals surface area contributed by atoms with Gasteiger partial charge < -0.3 is 4.74 Å². The monoisotopic (exact) mass is 225 g/mol. The van der Waals surface area contributed by atoms with Crippen LogP contribution in [0.1, 0.15) is 18.4 Å². The molecular formula is C11H9ClFNO. The van der Waals surface area contributed by atoms with Crippen LogP contribution in [0, 0.1) is 17.1 Å². The fourth-order valence-electron chi connectivity index (χ4n) is 1.64. The van der Waals surface area contributed by atoms with Crippen LogP contribution in [0.4, 0.5) is 4.39 Å². The van der Waals surface area contributed by atoms with Crippen molar-refractivity contribution < 1.29 is 9.13 Å². The average Bonchev–Trinajstić information content (AvgIpc) is 3.02. The lowest BCUT2D eigenvalue weighted by atomic mass is 9.96. The standard InChI is InChI=1S/C11H9ClFNO/c1-15-10-5-9(13)8(12)4-7(10)11(6-14)2-3-11/h4-5H,2-3H2,1H3. The number of nitriles is 1. The van der Waals surface area contributed by atoms with Gasteiger partial charge in [-0.05, 0) is 18.9 Å². The zero-order valence-electron chi connectivity index (χ0n) is 8.18. The zero-order chi connectivity index (χ0) is 11.1. The molecular weight excluding hydrogens is 217 g/mol. The highest BCUT2D eigenvalue weighted by Gasteiger charge is 2.47. The highest BCUT2D eigenvalue weighted by atomic mass is 35.5. The van der Waals surface area contributed by atoms with Crippen LogP contribution in [0.25, 0.3) is 0 Å². The van der Waals surface area contributed by atoms with E-state index >= 15 is 0 Å². The first-order valence-corrected chi connectivity index (χ1v) is 4.95. The molecule has 4 heteroatoms. The molecule has 0 heterocycles. The Morgan fingerprint density at radius 1 is 1.53 bits per heavy atom. The summed E-state index contributed by atoms with van der Waals surface area (Å²) in [7, 11) is 1.46. The first kappa shape index (κ1) is 10.3. The summed E-state index contributed by atoms with van der Waals surface area (Å²) >= 11 is 5.69. The van der Waals surface area contributed by atoms with E-state index in [4.69, 9.17) is 21.6 Å². The van der Waals surface area contributed by atoms with E-state index in [9.17, 15) is 4.39 Å². The molecule has 0 spiro atoms. The van der Waals surface area contributed by atoms with Crippen LogP contribution in [0.2, 0.25) is 5.02 Å². The average molecular weight is 226 g/mol. The molecule has 2 nitrogen and oxygen atoms in total. The van der Waals surface area contributed by atoms with E-state index < -0.39 is 11.2 Å². The molecule has 0 aliphatic heterocycles. The smallest absolute Gasteiger partial charge is 0.145 e. The second-order valence-electron chi connectivity index (χ2n) is 3.66. The Kier molecular flexibility index (Phi) is 2.32. The van der Waals surface area contributed by atoms with E-state index in [2.05, 4.69) is 6.07 Å². The molecule has 0 aromatic heterocycles. The van der Waals surface area contributed by atoms with Crippen molar-refractivity contribution >= 4 is 11.6 Å². The van der Waals surface area contributed by atoms with E-state index in [0.29, 0.717) is 11.3 Å². The first-order valence-electron chi connectivity index (χ1n) is 4.58. The maximum atomic E-state index is 13.2. The van der Waals surface area contributed by atoms with Crippen molar-refractivity contribution in [3.63, 3.8) is 0 Å². The molecule has 0 saturated heterocycles. The van der Waals surface area contributed by atoms with Crippen molar-refractivity contribution in [2.45, 2.75) is 18.3 Å². The van der Waals surface area contributed by atoms with E-state index in [1.165, 1.54) is 19.2 Å². The normalized spacial score (nSPS) is 16.9. The third kappa shape index (κ3) is 1.55. The van der Waals surface area contributed by atoms with Gasteiger partial charge in [-0.1, -0.05) is 11.6 Å². The van der Waals surface area contributed by atoms with E-state index in [1.54, 1.807) is 0 Å².